The number of carbonyl (C=O) groups is 6. The van der Waals surface area contributed by atoms with E-state index in [2.05, 4.69) is 91.3 Å². The van der Waals surface area contributed by atoms with Gasteiger partial charge >= 0.3 is 19.3 Å². The van der Waals surface area contributed by atoms with Gasteiger partial charge in [0.25, 0.3) is 0 Å². The molecule has 0 radical (unpaired) electrons. The smallest absolute Gasteiger partial charge is 0.474 e. The second-order valence-electron chi connectivity index (χ2n) is 28.7. The van der Waals surface area contributed by atoms with Gasteiger partial charge in [-0.2, -0.15) is 0 Å². The summed E-state index contributed by atoms with van der Waals surface area (Å²) in [5.41, 5.74) is 17.4. The fraction of sp³-hybridized carbons (Fsp3) is 0.375. The topological polar surface area (TPSA) is 190 Å². The van der Waals surface area contributed by atoms with E-state index < -0.39 is 41.7 Å². The van der Waals surface area contributed by atoms with E-state index in [-0.39, 0.29) is 17.3 Å². The quantitative estimate of drug-likeness (QED) is 0.119. The van der Waals surface area contributed by atoms with Crippen molar-refractivity contribution < 1.29 is 57.0 Å². The molecule has 1 saturated heterocycles. The molecule has 516 valence electrons. The van der Waals surface area contributed by atoms with Crippen LogP contribution in [0.15, 0.2) is 158 Å². The van der Waals surface area contributed by atoms with Gasteiger partial charge in [0.1, 0.15) is 41.6 Å². The van der Waals surface area contributed by atoms with Gasteiger partial charge in [-0.3, -0.25) is 29.0 Å². The highest BCUT2D eigenvalue weighted by molar-refractivity contribution is 9.10. The Labute approximate surface area is 598 Å². The number of amides is 2. The normalized spacial score (nSPS) is 18.8. The molecule has 0 unspecified atom stereocenters. The predicted molar refractivity (Wildman–Crippen MR) is 397 cm³/mol. The molecule has 99 heavy (non-hydrogen) atoms. The molecule has 0 saturated carbocycles. The first-order valence-electron chi connectivity index (χ1n) is 33.6. The van der Waals surface area contributed by atoms with E-state index in [9.17, 15) is 28.8 Å². The van der Waals surface area contributed by atoms with Gasteiger partial charge in [0, 0.05) is 69.2 Å². The Morgan fingerprint density at radius 2 is 0.990 bits per heavy atom. The lowest BCUT2D eigenvalue weighted by atomic mass is 9.77. The molecular weight excluding hydrogens is 1380 g/mol. The van der Waals surface area contributed by atoms with Crippen molar-refractivity contribution in [1.29, 1.82) is 0 Å². The Kier molecular flexibility index (Phi) is 22.1. The number of ketones is 4. The minimum absolute atomic E-state index is 0.159. The summed E-state index contributed by atoms with van der Waals surface area (Å²) in [7, 11) is -0.560. The van der Waals surface area contributed by atoms with Crippen LogP contribution in [0.1, 0.15) is 154 Å². The van der Waals surface area contributed by atoms with Crippen molar-refractivity contribution in [2.75, 3.05) is 36.1 Å². The summed E-state index contributed by atoms with van der Waals surface area (Å²) in [6.45, 7) is 30.2. The van der Waals surface area contributed by atoms with Crippen LogP contribution in [0, 0.1) is 13.8 Å². The number of fused-ring (bicyclic) bond motifs is 5. The van der Waals surface area contributed by atoms with Crippen LogP contribution >= 0.6 is 31.9 Å². The molecule has 14 rings (SSSR count). The van der Waals surface area contributed by atoms with Gasteiger partial charge in [0.2, 0.25) is 11.8 Å². The van der Waals surface area contributed by atoms with Gasteiger partial charge in [0.05, 0.1) is 24.3 Å². The summed E-state index contributed by atoms with van der Waals surface area (Å²) in [4.78, 5) is 84.6. The number of Topliss-reactive ketones (excluding diaryl/α,β-unsaturated/α-hetero) is 4. The van der Waals surface area contributed by atoms with Gasteiger partial charge in [0.15, 0.2) is 17.3 Å². The number of ether oxygens (including phenoxy) is 4. The third kappa shape index (κ3) is 16.8. The molecule has 6 aliphatic carbocycles. The Hall–Kier alpha value is -8.36. The molecule has 5 heterocycles. The lowest BCUT2D eigenvalue weighted by molar-refractivity contribution is -0.117. The van der Waals surface area contributed by atoms with Crippen molar-refractivity contribution in [2.45, 2.75) is 171 Å². The van der Waals surface area contributed by atoms with Crippen LogP contribution in [0.25, 0.3) is 22.3 Å². The molecule has 0 bridgehead atoms. The molecule has 0 N–H and O–H groups in total. The molecule has 0 spiro atoms. The summed E-state index contributed by atoms with van der Waals surface area (Å²) >= 11 is 6.86. The minimum atomic E-state index is -0.605. The van der Waals surface area contributed by atoms with Crippen molar-refractivity contribution in [3.8, 4) is 22.9 Å². The number of hydrogen-bond donors (Lipinski definition) is 0. The van der Waals surface area contributed by atoms with E-state index in [1.807, 2.05) is 157 Å². The van der Waals surface area contributed by atoms with Gasteiger partial charge in [-0.15, -0.1) is 0 Å². The van der Waals surface area contributed by atoms with E-state index in [1.165, 1.54) is 22.3 Å². The van der Waals surface area contributed by atoms with Crippen molar-refractivity contribution in [3.05, 3.63) is 203 Å². The average molecular weight is 1470 g/mol. The summed E-state index contributed by atoms with van der Waals surface area (Å²) < 4.78 is 37.1. The van der Waals surface area contributed by atoms with Crippen LogP contribution in [0.4, 0.5) is 21.0 Å². The second kappa shape index (κ2) is 29.8. The van der Waals surface area contributed by atoms with E-state index in [4.69, 9.17) is 28.3 Å². The Morgan fingerprint density at radius 1 is 0.545 bits per heavy atom. The van der Waals surface area contributed by atoms with E-state index >= 15 is 0 Å². The first-order chi connectivity index (χ1) is 46.7. The molecule has 5 aromatic rings. The predicted octanol–water partition coefficient (Wildman–Crippen LogP) is 16.6. The van der Waals surface area contributed by atoms with Gasteiger partial charge < -0.3 is 28.3 Å². The van der Waals surface area contributed by atoms with E-state index in [0.717, 1.165) is 106 Å². The zero-order chi connectivity index (χ0) is 71.6. The molecule has 2 aromatic heterocycles. The lowest BCUT2D eigenvalue weighted by Gasteiger charge is -2.32. The number of allylic oxidation sites excluding steroid dienone is 16. The molecule has 0 atom stereocenters. The third-order valence-corrected chi connectivity index (χ3v) is 19.7. The average Bonchev–Trinajstić information content (AvgIpc) is 1.75. The van der Waals surface area contributed by atoms with E-state index in [0.29, 0.717) is 80.9 Å². The summed E-state index contributed by atoms with van der Waals surface area (Å²) in [5, 5.41) is 0. The highest BCUT2D eigenvalue weighted by atomic mass is 79.9. The maximum absolute atomic E-state index is 13.0. The largest absolute Gasteiger partial charge is 0.496 e. The molecule has 2 amide bonds. The van der Waals surface area contributed by atoms with Crippen LogP contribution < -0.4 is 24.7 Å². The Morgan fingerprint density at radius 3 is 1.46 bits per heavy atom. The van der Waals surface area contributed by atoms with Gasteiger partial charge in [-0.25, -0.2) is 19.6 Å². The molecule has 16 nitrogen and oxygen atoms in total. The summed E-state index contributed by atoms with van der Waals surface area (Å²) in [6, 6.07) is 18.3. The zero-order valence-corrected chi connectivity index (χ0v) is 62.5. The molecule has 19 heteroatoms. The van der Waals surface area contributed by atoms with Gasteiger partial charge in [-0.05, 0) is 231 Å². The monoisotopic (exact) mass is 1460 g/mol. The third-order valence-electron chi connectivity index (χ3n) is 18.7. The first kappa shape index (κ1) is 73.4. The number of aromatic nitrogens is 2. The SMILES string of the molecule is C/C(C1=CC=CC1)=C1/C(=O)Cc2ccc(-c3cnc4c(c3C)N(C(=O)OC(C)(C)C)CCO4)cc21.C/C(C1=CC=CC1)=C1/C(=O)Cc2ccc(Br)cc21.CC(=O)C1=CC=CC1.Cc1c(B2OC(C)(C)C(C)(C)O2)cnc2c1N(C(=O)OC(C)(C)C)CCO2.O=C1Cc2ccc(Br)cc2C1. The zero-order valence-electron chi connectivity index (χ0n) is 59.3. The minimum Gasteiger partial charge on any atom is -0.474 e. The van der Waals surface area contributed by atoms with Crippen LogP contribution in [-0.4, -0.2) is 101 Å². The van der Waals surface area contributed by atoms with Crippen molar-refractivity contribution in [1.82, 2.24) is 9.97 Å². The Bertz CT molecular complexity index is 4380. The molecule has 9 aliphatic rings. The van der Waals surface area contributed by atoms with Crippen LogP contribution in [-0.2, 0) is 63.6 Å². The second-order valence-corrected chi connectivity index (χ2v) is 30.5. The highest BCUT2D eigenvalue weighted by Crippen LogP contribution is 2.44. The molecular formula is C80H87BBr2N4O12. The number of anilines is 2. The van der Waals surface area contributed by atoms with Gasteiger partial charge in [-0.1, -0.05) is 111 Å². The number of rotatable bonds is 5. The number of hydrogen-bond acceptors (Lipinski definition) is 14. The lowest BCUT2D eigenvalue weighted by Crippen LogP contribution is -2.44. The molecule has 3 aliphatic heterocycles. The molecule has 1 fully saturated rings. The fourth-order valence-electron chi connectivity index (χ4n) is 12.8. The maximum Gasteiger partial charge on any atom is 0.496 e. The fourth-order valence-corrected chi connectivity index (χ4v) is 13.6. The van der Waals surface area contributed by atoms with Crippen LogP contribution in [0.2, 0.25) is 0 Å². The number of halogens is 2. The number of benzene rings is 3. The van der Waals surface area contributed by atoms with Crippen LogP contribution in [0.5, 0.6) is 11.8 Å². The highest BCUT2D eigenvalue weighted by Gasteiger charge is 2.53. The number of pyridine rings is 2. The van der Waals surface area contributed by atoms with Crippen molar-refractivity contribution >= 4 is 102 Å². The molecule has 3 aromatic carbocycles. The summed E-state index contributed by atoms with van der Waals surface area (Å²) in [6.07, 6.45) is 25.8. The maximum atomic E-state index is 13.0. The first-order valence-corrected chi connectivity index (χ1v) is 35.2. The standard InChI is InChI=1S/C29H30N2O4.C19H29BN2O5.C16H13BrO.C9H7BrO.C7H8O/c1-17(19-8-6-7-9-19)25-22-14-20(10-11-21(22)15-24(25)32)23-16-30-27-26(18(23)2)31(12-13-34-27)28(33)35-29(3,4)5;1-12-13(20-26-18(5,6)19(7,8)27-20)11-21-15-14(12)22(9-10-24-15)16(23)25-17(2,3)4;1-10(11-4-2-3-5-11)16-14-9-13(17)7-6-12(14)8-15(16)18;10-8-2-1-6-4-9(11)5-7(6)3-8;1-6(8)7-4-2-3-5-7/h6-8,10-11,14,16H,9,12-13,15H2,1-5H3;11H,9-10H2,1-8H3;2-4,6-7,9H,5,8H2,1H3;1-3H,4-5H2;2-4H,5H2,1H3/b25-17-;;16-10-;;. The summed E-state index contributed by atoms with van der Waals surface area (Å²) in [5.74, 6) is 1.77. The van der Waals surface area contributed by atoms with Crippen molar-refractivity contribution in [2.24, 2.45) is 0 Å². The van der Waals surface area contributed by atoms with Crippen molar-refractivity contribution in [3.63, 3.8) is 0 Å². The van der Waals surface area contributed by atoms with E-state index in [1.54, 1.807) is 29.1 Å². The van der Waals surface area contributed by atoms with Crippen LogP contribution in [0.3, 0.4) is 0 Å². The number of carbonyl (C=O) groups excluding carboxylic acids is 6. The number of nitrogens with zero attached hydrogens (tertiary/aromatic N) is 4. The Balaban J connectivity index is 0.000000146.